The monoisotopic (exact) mass is 264 g/mol. The summed E-state index contributed by atoms with van der Waals surface area (Å²) >= 11 is 0. The second kappa shape index (κ2) is 5.21. The zero-order valence-corrected chi connectivity index (χ0v) is 9.15. The lowest BCUT2D eigenvalue weighted by Crippen LogP contribution is -2.16. The minimum atomic E-state index is -4.35. The predicted molar refractivity (Wildman–Crippen MR) is 57.0 cm³/mol. The first-order chi connectivity index (χ1) is 8.20. The van der Waals surface area contributed by atoms with Gasteiger partial charge in [0.05, 0.1) is 4.92 Å². The van der Waals surface area contributed by atoms with E-state index in [2.05, 4.69) is 0 Å². The Morgan fingerprint density at radius 2 is 2.06 bits per heavy atom. The van der Waals surface area contributed by atoms with Crippen molar-refractivity contribution in [1.29, 1.82) is 0 Å². The molecule has 0 spiro atoms. The van der Waals surface area contributed by atoms with E-state index in [4.69, 9.17) is 5.73 Å². The van der Waals surface area contributed by atoms with Crippen molar-refractivity contribution in [2.24, 2.45) is 5.73 Å². The summed E-state index contributed by atoms with van der Waals surface area (Å²) in [6, 6.07) is 1.97. The summed E-state index contributed by atoms with van der Waals surface area (Å²) < 4.78 is 36.0. The third-order valence-electron chi connectivity index (χ3n) is 2.36. The van der Waals surface area contributed by atoms with Gasteiger partial charge in [0.15, 0.2) is 0 Å². The summed E-state index contributed by atoms with van der Waals surface area (Å²) in [5.41, 5.74) is 5.10. The topological polar surface area (TPSA) is 89.4 Å². The van der Waals surface area contributed by atoms with Gasteiger partial charge in [0.2, 0.25) is 0 Å². The van der Waals surface area contributed by atoms with Crippen molar-refractivity contribution >= 4 is 5.69 Å². The Labute approximate surface area is 100 Å². The molecule has 18 heavy (non-hydrogen) atoms. The molecule has 0 saturated heterocycles. The molecule has 5 nitrogen and oxygen atoms in total. The number of halogens is 3. The smallest absolute Gasteiger partial charge is 0.389 e. The maximum atomic E-state index is 12.0. The molecule has 0 heterocycles. The van der Waals surface area contributed by atoms with E-state index in [9.17, 15) is 28.4 Å². The highest BCUT2D eigenvalue weighted by molar-refractivity contribution is 5.44. The first kappa shape index (κ1) is 14.2. The van der Waals surface area contributed by atoms with E-state index in [0.29, 0.717) is 0 Å². The van der Waals surface area contributed by atoms with E-state index in [1.807, 2.05) is 0 Å². The first-order valence-electron chi connectivity index (χ1n) is 5.00. The van der Waals surface area contributed by atoms with Gasteiger partial charge in [0, 0.05) is 30.2 Å². The summed E-state index contributed by atoms with van der Waals surface area (Å²) in [7, 11) is 0. The minimum absolute atomic E-state index is 0.0616. The maximum Gasteiger partial charge on any atom is 0.389 e. The average molecular weight is 264 g/mol. The Morgan fingerprint density at radius 3 is 2.56 bits per heavy atom. The van der Waals surface area contributed by atoms with Gasteiger partial charge in [-0.25, -0.2) is 0 Å². The maximum absolute atomic E-state index is 12.0. The van der Waals surface area contributed by atoms with Crippen LogP contribution in [-0.2, 0) is 0 Å². The summed E-state index contributed by atoms with van der Waals surface area (Å²) in [5, 5.41) is 19.9. The van der Waals surface area contributed by atoms with E-state index >= 15 is 0 Å². The van der Waals surface area contributed by atoms with Gasteiger partial charge in [-0.15, -0.1) is 0 Å². The Hall–Kier alpha value is -1.83. The van der Waals surface area contributed by atoms with Crippen LogP contribution >= 0.6 is 0 Å². The van der Waals surface area contributed by atoms with Crippen LogP contribution in [0.4, 0.5) is 18.9 Å². The fraction of sp³-hybridized carbons (Fsp3) is 0.400. The van der Waals surface area contributed by atoms with Crippen LogP contribution in [-0.4, -0.2) is 16.2 Å². The van der Waals surface area contributed by atoms with Crippen LogP contribution in [0.5, 0.6) is 5.75 Å². The third-order valence-corrected chi connectivity index (χ3v) is 2.36. The molecule has 0 fully saturated rings. The zero-order chi connectivity index (χ0) is 13.9. The quantitative estimate of drug-likeness (QED) is 0.646. The van der Waals surface area contributed by atoms with Crippen molar-refractivity contribution in [1.82, 2.24) is 0 Å². The van der Waals surface area contributed by atoms with Crippen molar-refractivity contribution in [2.75, 3.05) is 0 Å². The highest BCUT2D eigenvalue weighted by Crippen LogP contribution is 2.32. The molecule has 3 N–H and O–H groups in total. The number of nitro benzene ring substituents is 1. The number of phenols is 1. The number of nitro groups is 1. The molecule has 0 bridgehead atoms. The Kier molecular flexibility index (Phi) is 4.12. The lowest BCUT2D eigenvalue weighted by atomic mass is 10.0. The fourth-order valence-electron chi connectivity index (χ4n) is 1.43. The van der Waals surface area contributed by atoms with Gasteiger partial charge in [-0.2, -0.15) is 13.2 Å². The van der Waals surface area contributed by atoms with E-state index in [0.717, 1.165) is 18.2 Å². The largest absolute Gasteiger partial charge is 0.508 e. The van der Waals surface area contributed by atoms with Gasteiger partial charge in [0.1, 0.15) is 5.75 Å². The molecule has 100 valence electrons. The lowest BCUT2D eigenvalue weighted by Gasteiger charge is -2.14. The van der Waals surface area contributed by atoms with Crippen LogP contribution in [0.1, 0.15) is 24.4 Å². The Morgan fingerprint density at radius 1 is 1.44 bits per heavy atom. The van der Waals surface area contributed by atoms with Crippen molar-refractivity contribution in [3.8, 4) is 5.75 Å². The standard InChI is InChI=1S/C10H11F3N2O3/c11-10(12,13)4-3-8(14)7-5-6(15(17)18)1-2-9(7)16/h1-2,5,8,16H,3-4,14H2/t8-/m1/s1. The Balaban J connectivity index is 2.87. The molecule has 0 aliphatic rings. The highest BCUT2D eigenvalue weighted by Gasteiger charge is 2.28. The SMILES string of the molecule is N[C@H](CCC(F)(F)F)c1cc([N+](=O)[O-])ccc1O. The molecule has 8 heteroatoms. The molecule has 0 unspecified atom stereocenters. The van der Waals surface area contributed by atoms with E-state index in [1.165, 1.54) is 0 Å². The number of benzene rings is 1. The lowest BCUT2D eigenvalue weighted by molar-refractivity contribution is -0.385. The van der Waals surface area contributed by atoms with Crippen molar-refractivity contribution < 1.29 is 23.2 Å². The van der Waals surface area contributed by atoms with Crippen LogP contribution in [0, 0.1) is 10.1 Å². The number of nitrogens with two attached hydrogens (primary N) is 1. The number of alkyl halides is 3. The molecule has 1 rings (SSSR count). The normalized spacial score (nSPS) is 13.3. The van der Waals surface area contributed by atoms with Crippen LogP contribution in [0.25, 0.3) is 0 Å². The van der Waals surface area contributed by atoms with Crippen molar-refractivity contribution in [2.45, 2.75) is 25.1 Å². The summed E-state index contributed by atoms with van der Waals surface area (Å²) in [4.78, 5) is 9.80. The molecule has 0 radical (unpaired) electrons. The Bertz CT molecular complexity index is 448. The average Bonchev–Trinajstić information content (AvgIpc) is 2.25. The molecule has 0 aliphatic heterocycles. The molecule has 0 amide bonds. The first-order valence-corrected chi connectivity index (χ1v) is 5.00. The van der Waals surface area contributed by atoms with E-state index in [1.54, 1.807) is 0 Å². The van der Waals surface area contributed by atoms with Gasteiger partial charge in [-0.3, -0.25) is 10.1 Å². The number of nitrogens with zero attached hydrogens (tertiary/aromatic N) is 1. The van der Waals surface area contributed by atoms with Crippen LogP contribution in [0.3, 0.4) is 0 Å². The number of hydrogen-bond acceptors (Lipinski definition) is 4. The van der Waals surface area contributed by atoms with Gasteiger partial charge in [-0.05, 0) is 12.5 Å². The number of phenolic OH excluding ortho intramolecular Hbond substituents is 1. The number of aromatic hydroxyl groups is 1. The predicted octanol–water partition coefficient (Wildman–Crippen LogP) is 2.64. The van der Waals surface area contributed by atoms with Gasteiger partial charge in [0.25, 0.3) is 5.69 Å². The number of hydrogen-bond donors (Lipinski definition) is 2. The molecule has 0 saturated carbocycles. The van der Waals surface area contributed by atoms with Gasteiger partial charge >= 0.3 is 6.18 Å². The molecule has 1 aromatic carbocycles. The van der Waals surface area contributed by atoms with Crippen molar-refractivity contribution in [3.05, 3.63) is 33.9 Å². The number of non-ortho nitro benzene ring substituents is 1. The van der Waals surface area contributed by atoms with Crippen LogP contribution in [0.15, 0.2) is 18.2 Å². The van der Waals surface area contributed by atoms with Crippen LogP contribution in [0.2, 0.25) is 0 Å². The molecule has 0 aromatic heterocycles. The summed E-state index contributed by atoms with van der Waals surface area (Å²) in [6.07, 6.45) is -5.91. The van der Waals surface area contributed by atoms with Gasteiger partial charge in [-0.1, -0.05) is 0 Å². The van der Waals surface area contributed by atoms with Gasteiger partial charge < -0.3 is 10.8 Å². The molecule has 1 atom stereocenters. The zero-order valence-electron chi connectivity index (χ0n) is 9.15. The summed E-state index contributed by atoms with van der Waals surface area (Å²) in [6.45, 7) is 0. The fourth-order valence-corrected chi connectivity index (χ4v) is 1.43. The molecule has 0 aliphatic carbocycles. The second-order valence-electron chi connectivity index (χ2n) is 3.76. The molecular formula is C10H11F3N2O3. The van der Waals surface area contributed by atoms with E-state index in [-0.39, 0.29) is 17.0 Å². The van der Waals surface area contributed by atoms with Crippen molar-refractivity contribution in [3.63, 3.8) is 0 Å². The molecular weight excluding hydrogens is 253 g/mol. The third kappa shape index (κ3) is 3.88. The van der Waals surface area contributed by atoms with Crippen LogP contribution < -0.4 is 5.73 Å². The molecule has 1 aromatic rings. The second-order valence-corrected chi connectivity index (χ2v) is 3.76. The van der Waals surface area contributed by atoms with E-state index < -0.39 is 30.0 Å². The minimum Gasteiger partial charge on any atom is -0.508 e. The summed E-state index contributed by atoms with van der Waals surface area (Å²) in [5.74, 6) is -0.352. The highest BCUT2D eigenvalue weighted by atomic mass is 19.4. The number of rotatable bonds is 4.